The molecule has 1 aliphatic carbocycles. The summed E-state index contributed by atoms with van der Waals surface area (Å²) >= 11 is 0. The number of fused-ring (bicyclic) bond motifs is 1. The second-order valence-corrected chi connectivity index (χ2v) is 15.4. The maximum Gasteiger partial charge on any atom is 0.436 e. The molecule has 2 aromatic carbocycles. The van der Waals surface area contributed by atoms with Crippen molar-refractivity contribution >= 4 is 47.6 Å². The number of hydrogen-bond donors (Lipinski definition) is 1. The number of alkyl halides is 4. The van der Waals surface area contributed by atoms with Crippen molar-refractivity contribution in [2.24, 2.45) is 10.1 Å². The van der Waals surface area contributed by atoms with Crippen LogP contribution >= 0.6 is 10.7 Å². The highest BCUT2D eigenvalue weighted by Crippen LogP contribution is 2.52. The number of carbonyl (C=O) groups is 1. The number of benzene rings is 2. The zero-order chi connectivity index (χ0) is 36.5. The molecule has 0 saturated carbocycles. The van der Waals surface area contributed by atoms with Crippen molar-refractivity contribution < 1.29 is 52.4 Å². The first-order valence-electron chi connectivity index (χ1n) is 14.5. The Balaban J connectivity index is 1.59. The molecule has 1 aliphatic heterocycles. The van der Waals surface area contributed by atoms with Crippen molar-refractivity contribution in [2.45, 2.75) is 73.3 Å². The van der Waals surface area contributed by atoms with E-state index in [1.807, 2.05) is 0 Å². The lowest BCUT2D eigenvalue weighted by Gasteiger charge is -2.23. The Bertz CT molecular complexity index is 1970. The van der Waals surface area contributed by atoms with E-state index >= 15 is 4.39 Å². The Labute approximate surface area is 281 Å². The van der Waals surface area contributed by atoms with Crippen molar-refractivity contribution in [3.05, 3.63) is 82.7 Å². The van der Waals surface area contributed by atoms with Gasteiger partial charge >= 0.3 is 6.18 Å². The fourth-order valence-corrected chi connectivity index (χ4v) is 8.32. The van der Waals surface area contributed by atoms with Gasteiger partial charge in [0.2, 0.25) is 10.0 Å². The highest BCUT2D eigenvalue weighted by Gasteiger charge is 2.50. The first-order chi connectivity index (χ1) is 22.8. The molecule has 1 heterocycles. The molecule has 9 nitrogen and oxygen atoms in total. The average Bonchev–Trinajstić information content (AvgIpc) is 3.55. The lowest BCUT2D eigenvalue weighted by Crippen LogP contribution is -2.48. The number of amides is 1. The Morgan fingerprint density at radius 1 is 1.12 bits per heavy atom. The summed E-state index contributed by atoms with van der Waals surface area (Å²) in [5.41, 5.74) is -0.629. The molecule has 4 atom stereocenters. The number of hydrogen-bond acceptors (Lipinski definition) is 7. The normalized spacial score (nSPS) is 21.4. The second-order valence-electron chi connectivity index (χ2n) is 11.0. The zero-order valence-electron chi connectivity index (χ0n) is 25.6. The number of sulfonamides is 1. The number of carbonyl (C=O) groups excluding carboxylic acids is 1. The standard InChI is InChI=1S/C30H28ClF7N4O5S2/c1-3-4-18(32)6-5-16(2)39-15-25(30(36,37)38)40-41-29(43)28-22(35)11-12-42(28)49(46,47)24-10-8-21(34)26-20(27(24)26)14-17-13-19(33)7-9-23(17)48(31,44)45/h4-10,13,15-16,20,22,28H,3,11-12,14H2,1-2H3,(H,41,43)/b6-5+,18-4+,39-15?,40-25-/t16?,20?,22-,28-/m0/s1. The van der Waals surface area contributed by atoms with E-state index in [2.05, 4.69) is 10.1 Å². The largest absolute Gasteiger partial charge is 0.436 e. The van der Waals surface area contributed by atoms with E-state index in [9.17, 15) is 48.0 Å². The van der Waals surface area contributed by atoms with Crippen LogP contribution < -0.4 is 5.43 Å². The Morgan fingerprint density at radius 3 is 2.43 bits per heavy atom. The number of nitrogens with one attached hydrogen (secondary N) is 1. The van der Waals surface area contributed by atoms with E-state index in [1.165, 1.54) is 19.1 Å². The summed E-state index contributed by atoms with van der Waals surface area (Å²) in [6.07, 6.45) is -4.19. The summed E-state index contributed by atoms with van der Waals surface area (Å²) in [6, 6.07) is 1.09. The van der Waals surface area contributed by atoms with Crippen LogP contribution in [0.25, 0.3) is 0 Å². The Morgan fingerprint density at radius 2 is 1.80 bits per heavy atom. The summed E-state index contributed by atoms with van der Waals surface area (Å²) in [4.78, 5) is 15.5. The second kappa shape index (κ2) is 14.7. The number of nitrogens with zero attached hydrogens (tertiary/aromatic N) is 3. The average molecular weight is 757 g/mol. The molecular weight excluding hydrogens is 729 g/mol. The van der Waals surface area contributed by atoms with E-state index in [4.69, 9.17) is 10.7 Å². The van der Waals surface area contributed by atoms with E-state index in [1.54, 1.807) is 12.3 Å². The first kappa shape index (κ1) is 38.2. The van der Waals surface area contributed by atoms with Gasteiger partial charge in [0.05, 0.1) is 22.0 Å². The molecule has 1 saturated heterocycles. The van der Waals surface area contributed by atoms with Gasteiger partial charge in [0.1, 0.15) is 29.7 Å². The molecule has 49 heavy (non-hydrogen) atoms. The predicted molar refractivity (Wildman–Crippen MR) is 167 cm³/mol. The van der Waals surface area contributed by atoms with Crippen LogP contribution in [0.1, 0.15) is 49.3 Å². The van der Waals surface area contributed by atoms with Crippen LogP contribution in [-0.4, -0.2) is 70.0 Å². The van der Waals surface area contributed by atoms with Crippen LogP contribution in [0, 0.1) is 11.6 Å². The minimum absolute atomic E-state index is 0.134. The van der Waals surface area contributed by atoms with Gasteiger partial charge < -0.3 is 0 Å². The molecule has 0 radical (unpaired) electrons. The third kappa shape index (κ3) is 8.77. The van der Waals surface area contributed by atoms with Crippen molar-refractivity contribution in [1.82, 2.24) is 9.73 Å². The number of halogens is 8. The molecule has 1 amide bonds. The summed E-state index contributed by atoms with van der Waals surface area (Å²) in [5.74, 6) is -4.95. The van der Waals surface area contributed by atoms with Gasteiger partial charge in [-0.3, -0.25) is 9.79 Å². The number of rotatable bonds is 12. The van der Waals surface area contributed by atoms with E-state index in [-0.39, 0.29) is 29.3 Å². The number of allylic oxidation sites excluding steroid dienone is 3. The summed E-state index contributed by atoms with van der Waals surface area (Å²) in [6.45, 7) is 2.44. The van der Waals surface area contributed by atoms with Crippen LogP contribution in [0.4, 0.5) is 30.7 Å². The van der Waals surface area contributed by atoms with E-state index < -0.39 is 101 Å². The van der Waals surface area contributed by atoms with Crippen molar-refractivity contribution in [1.29, 1.82) is 0 Å². The molecule has 0 spiro atoms. The molecule has 266 valence electrons. The van der Waals surface area contributed by atoms with E-state index in [0.29, 0.717) is 10.7 Å². The third-order valence-electron chi connectivity index (χ3n) is 7.59. The van der Waals surface area contributed by atoms with Crippen LogP contribution in [0.3, 0.4) is 0 Å². The van der Waals surface area contributed by atoms with Crippen LogP contribution in [0.2, 0.25) is 0 Å². The minimum Gasteiger partial charge on any atom is -0.284 e. The fourth-order valence-electron chi connectivity index (χ4n) is 5.29. The molecule has 4 rings (SSSR count). The minimum atomic E-state index is -5.17. The van der Waals surface area contributed by atoms with E-state index in [0.717, 1.165) is 36.4 Å². The molecule has 2 unspecified atom stereocenters. The van der Waals surface area contributed by atoms with Gasteiger partial charge in [0.25, 0.3) is 15.0 Å². The lowest BCUT2D eigenvalue weighted by atomic mass is 10.1. The maximum atomic E-state index is 15.0. The number of hydrazone groups is 1. The van der Waals surface area contributed by atoms with Crippen molar-refractivity contribution in [2.75, 3.05) is 6.54 Å². The highest BCUT2D eigenvalue weighted by atomic mass is 35.7. The van der Waals surface area contributed by atoms with Crippen molar-refractivity contribution in [3.8, 4) is 0 Å². The SMILES string of the molecule is CC/C=C(F)\C=C\C(C)N=C/C(=N/NC(=O)[C@@H]1[C@@H](F)CCN1S(=O)(=O)c1ccc(F)c2c1C2Cc1cc(F)ccc1S(=O)(=O)Cl)C(F)(F)F. The van der Waals surface area contributed by atoms with Gasteiger partial charge in [-0.2, -0.15) is 22.6 Å². The topological polar surface area (TPSA) is 125 Å². The van der Waals surface area contributed by atoms with Gasteiger partial charge in [-0.1, -0.05) is 13.0 Å². The number of aliphatic imine (C=N–C) groups is 1. The predicted octanol–water partition coefficient (Wildman–Crippen LogP) is 5.99. The smallest absolute Gasteiger partial charge is 0.284 e. The molecule has 0 aromatic heterocycles. The summed E-state index contributed by atoms with van der Waals surface area (Å²) in [5, 5.41) is 3.00. The summed E-state index contributed by atoms with van der Waals surface area (Å²) in [7, 11) is -3.77. The highest BCUT2D eigenvalue weighted by molar-refractivity contribution is 8.13. The van der Waals surface area contributed by atoms with Crippen molar-refractivity contribution in [3.63, 3.8) is 0 Å². The fraction of sp³-hybridized carbons (Fsp3) is 0.367. The molecular formula is C30H28ClF7N4O5S2. The maximum absolute atomic E-state index is 15.0. The van der Waals surface area contributed by atoms with Crippen LogP contribution in [-0.2, 0) is 30.3 Å². The van der Waals surface area contributed by atoms with Gasteiger partial charge in [0.15, 0.2) is 5.71 Å². The molecule has 2 aromatic rings. The van der Waals surface area contributed by atoms with Crippen LogP contribution in [0.15, 0.2) is 74.3 Å². The molecule has 1 N–H and O–H groups in total. The Kier molecular flexibility index (Phi) is 11.5. The van der Waals surface area contributed by atoms with Gasteiger partial charge in [0, 0.05) is 28.7 Å². The van der Waals surface area contributed by atoms with Gasteiger partial charge in [-0.25, -0.2) is 39.8 Å². The molecule has 1 fully saturated rings. The van der Waals surface area contributed by atoms with Crippen LogP contribution in [0.5, 0.6) is 0 Å². The lowest BCUT2D eigenvalue weighted by molar-refractivity contribution is -0.125. The first-order valence-corrected chi connectivity index (χ1v) is 18.2. The Hall–Kier alpha value is -3.61. The third-order valence-corrected chi connectivity index (χ3v) is 11.0. The molecule has 19 heteroatoms. The quantitative estimate of drug-likeness (QED) is 0.0937. The van der Waals surface area contributed by atoms with Gasteiger partial charge in [-0.05, 0) is 79.8 Å². The summed E-state index contributed by atoms with van der Waals surface area (Å²) < 4.78 is 150. The molecule has 2 aliphatic rings. The monoisotopic (exact) mass is 756 g/mol. The molecule has 0 bridgehead atoms. The zero-order valence-corrected chi connectivity index (χ0v) is 27.9. The van der Waals surface area contributed by atoms with Gasteiger partial charge in [-0.15, -0.1) is 0 Å².